The van der Waals surface area contributed by atoms with E-state index in [1.165, 1.54) is 16.9 Å². The Balaban J connectivity index is 1.63. The number of carbonyl (C=O) groups is 2. The van der Waals surface area contributed by atoms with Crippen molar-refractivity contribution in [3.05, 3.63) is 46.5 Å². The van der Waals surface area contributed by atoms with Crippen molar-refractivity contribution in [2.75, 3.05) is 39.0 Å². The summed E-state index contributed by atoms with van der Waals surface area (Å²) in [6.07, 6.45) is 0.855. The highest BCUT2D eigenvalue weighted by Gasteiger charge is 2.45. The molecule has 0 radical (unpaired) electrons. The van der Waals surface area contributed by atoms with Crippen LogP contribution in [-0.4, -0.2) is 60.3 Å². The van der Waals surface area contributed by atoms with Gasteiger partial charge in [0.05, 0.1) is 12.2 Å². The van der Waals surface area contributed by atoms with E-state index in [2.05, 4.69) is 22.4 Å². The molecule has 1 saturated carbocycles. The Morgan fingerprint density at radius 2 is 1.89 bits per heavy atom. The molecule has 1 heterocycles. The van der Waals surface area contributed by atoms with Crippen LogP contribution in [0.5, 0.6) is 0 Å². The van der Waals surface area contributed by atoms with Crippen molar-refractivity contribution in [1.82, 2.24) is 14.8 Å². The maximum atomic E-state index is 13.1. The first-order valence-corrected chi connectivity index (χ1v) is 10.4. The molecule has 2 amide bonds. The van der Waals surface area contributed by atoms with Crippen molar-refractivity contribution in [3.63, 3.8) is 0 Å². The standard InChI is InChI=1S/C21H28N4O2S/c1-14-15(2)28-21(22-14)23-19(26)13-25(11-10-24(3)4)20(27)18-12-17(18)16-8-6-5-7-9-16/h5-9,17-18H,10-13H2,1-4H3,(H,22,23,26)/t17-,18-/m0/s1. The molecule has 28 heavy (non-hydrogen) atoms. The highest BCUT2D eigenvalue weighted by atomic mass is 32.1. The summed E-state index contributed by atoms with van der Waals surface area (Å²) in [5.41, 5.74) is 2.12. The molecule has 1 fully saturated rings. The summed E-state index contributed by atoms with van der Waals surface area (Å²) in [5.74, 6) is 0.111. The van der Waals surface area contributed by atoms with E-state index in [1.807, 2.05) is 51.0 Å². The Morgan fingerprint density at radius 3 is 2.50 bits per heavy atom. The van der Waals surface area contributed by atoms with Gasteiger partial charge in [0.2, 0.25) is 11.8 Å². The van der Waals surface area contributed by atoms with Gasteiger partial charge < -0.3 is 15.1 Å². The van der Waals surface area contributed by atoms with Crippen LogP contribution in [0.25, 0.3) is 0 Å². The van der Waals surface area contributed by atoms with Crippen LogP contribution >= 0.6 is 11.3 Å². The van der Waals surface area contributed by atoms with Gasteiger partial charge in [-0.05, 0) is 45.8 Å². The van der Waals surface area contributed by atoms with E-state index >= 15 is 0 Å². The molecule has 2 aromatic rings. The predicted molar refractivity (Wildman–Crippen MR) is 113 cm³/mol. The summed E-state index contributed by atoms with van der Waals surface area (Å²) in [4.78, 5) is 34.7. The largest absolute Gasteiger partial charge is 0.332 e. The van der Waals surface area contributed by atoms with E-state index in [-0.39, 0.29) is 30.2 Å². The number of thiazole rings is 1. The summed E-state index contributed by atoms with van der Waals surface area (Å²) >= 11 is 1.46. The third-order valence-corrected chi connectivity index (χ3v) is 6.06. The molecular weight excluding hydrogens is 372 g/mol. The topological polar surface area (TPSA) is 65.5 Å². The second-order valence-corrected chi connectivity index (χ2v) is 8.83. The van der Waals surface area contributed by atoms with Gasteiger partial charge in [-0.2, -0.15) is 0 Å². The van der Waals surface area contributed by atoms with Crippen molar-refractivity contribution in [2.24, 2.45) is 5.92 Å². The quantitative estimate of drug-likeness (QED) is 0.740. The lowest BCUT2D eigenvalue weighted by Crippen LogP contribution is -2.42. The van der Waals surface area contributed by atoms with Crippen LogP contribution in [0.1, 0.15) is 28.5 Å². The maximum Gasteiger partial charge on any atom is 0.245 e. The summed E-state index contributed by atoms with van der Waals surface area (Å²) in [6, 6.07) is 10.1. The molecule has 7 heteroatoms. The van der Waals surface area contributed by atoms with E-state index < -0.39 is 0 Å². The fourth-order valence-corrected chi connectivity index (χ4v) is 4.05. The number of carbonyl (C=O) groups excluding carboxylic acids is 2. The SMILES string of the molecule is Cc1nc(NC(=O)CN(CCN(C)C)C(=O)[C@H]2C[C@H]2c2ccccc2)sc1C. The average molecular weight is 401 g/mol. The van der Waals surface area contributed by atoms with Crippen molar-refractivity contribution in [3.8, 4) is 0 Å². The molecule has 0 unspecified atom stereocenters. The smallest absolute Gasteiger partial charge is 0.245 e. The molecule has 1 aromatic carbocycles. The molecule has 1 aliphatic rings. The molecule has 2 atom stereocenters. The van der Waals surface area contributed by atoms with E-state index in [4.69, 9.17) is 0 Å². The van der Waals surface area contributed by atoms with Gasteiger partial charge in [-0.3, -0.25) is 9.59 Å². The van der Waals surface area contributed by atoms with Crippen molar-refractivity contribution >= 4 is 28.3 Å². The lowest BCUT2D eigenvalue weighted by molar-refractivity contribution is -0.136. The normalized spacial score (nSPS) is 18.2. The van der Waals surface area contributed by atoms with Crippen LogP contribution in [0.15, 0.2) is 30.3 Å². The highest BCUT2D eigenvalue weighted by Crippen LogP contribution is 2.48. The molecule has 1 aliphatic carbocycles. The molecule has 6 nitrogen and oxygen atoms in total. The molecule has 0 spiro atoms. The predicted octanol–water partition coefficient (Wildman–Crippen LogP) is 2.89. The van der Waals surface area contributed by atoms with Crippen LogP contribution in [0, 0.1) is 19.8 Å². The summed E-state index contributed by atoms with van der Waals surface area (Å²) < 4.78 is 0. The van der Waals surface area contributed by atoms with Crippen LogP contribution in [-0.2, 0) is 9.59 Å². The monoisotopic (exact) mass is 400 g/mol. The Hall–Kier alpha value is -2.25. The van der Waals surface area contributed by atoms with E-state index in [0.717, 1.165) is 23.5 Å². The number of nitrogens with one attached hydrogen (secondary N) is 1. The maximum absolute atomic E-state index is 13.1. The molecule has 1 N–H and O–H groups in total. The molecule has 3 rings (SSSR count). The molecular formula is C21H28N4O2S. The van der Waals surface area contributed by atoms with Crippen LogP contribution < -0.4 is 5.32 Å². The number of nitrogens with zero attached hydrogens (tertiary/aromatic N) is 3. The average Bonchev–Trinajstić information content (AvgIpc) is 3.39. The Morgan fingerprint density at radius 1 is 1.18 bits per heavy atom. The number of anilines is 1. The summed E-state index contributed by atoms with van der Waals surface area (Å²) in [5, 5.41) is 3.43. The van der Waals surface area contributed by atoms with E-state index in [0.29, 0.717) is 11.7 Å². The zero-order valence-corrected chi connectivity index (χ0v) is 17.8. The van der Waals surface area contributed by atoms with Gasteiger partial charge in [0.15, 0.2) is 5.13 Å². The van der Waals surface area contributed by atoms with Gasteiger partial charge >= 0.3 is 0 Å². The molecule has 1 aromatic heterocycles. The molecule has 150 valence electrons. The van der Waals surface area contributed by atoms with Crippen LogP contribution in [0.2, 0.25) is 0 Å². The molecule has 0 saturated heterocycles. The fraction of sp³-hybridized carbons (Fsp3) is 0.476. The fourth-order valence-electron chi connectivity index (χ4n) is 3.22. The van der Waals surface area contributed by atoms with Crippen LogP contribution in [0.3, 0.4) is 0 Å². The summed E-state index contributed by atoms with van der Waals surface area (Å²) in [7, 11) is 3.93. The zero-order valence-electron chi connectivity index (χ0n) is 16.9. The Bertz CT molecular complexity index is 815. The second kappa shape index (κ2) is 8.84. The van der Waals surface area contributed by atoms with Crippen molar-refractivity contribution < 1.29 is 9.59 Å². The highest BCUT2D eigenvalue weighted by molar-refractivity contribution is 7.15. The third-order valence-electron chi connectivity index (χ3n) is 5.07. The van der Waals surface area contributed by atoms with E-state index in [9.17, 15) is 9.59 Å². The number of aromatic nitrogens is 1. The molecule has 0 aliphatic heterocycles. The first-order chi connectivity index (χ1) is 13.3. The molecule has 0 bridgehead atoms. The summed E-state index contributed by atoms with van der Waals surface area (Å²) in [6.45, 7) is 5.21. The number of amides is 2. The number of benzene rings is 1. The Kier molecular flexibility index (Phi) is 6.46. The third kappa shape index (κ3) is 5.17. The lowest BCUT2D eigenvalue weighted by atomic mass is 10.1. The van der Waals surface area contributed by atoms with Crippen molar-refractivity contribution in [2.45, 2.75) is 26.2 Å². The van der Waals surface area contributed by atoms with Gasteiger partial charge in [-0.1, -0.05) is 30.3 Å². The van der Waals surface area contributed by atoms with Gasteiger partial charge in [-0.25, -0.2) is 4.98 Å². The lowest BCUT2D eigenvalue weighted by Gasteiger charge is -2.24. The minimum absolute atomic E-state index is 0.0262. The second-order valence-electron chi connectivity index (χ2n) is 7.63. The number of likely N-dealkylation sites (N-methyl/N-ethyl adjacent to an activating group) is 1. The van der Waals surface area contributed by atoms with Gasteiger partial charge in [0, 0.05) is 23.9 Å². The van der Waals surface area contributed by atoms with E-state index in [1.54, 1.807) is 4.90 Å². The van der Waals surface area contributed by atoms with Gasteiger partial charge in [-0.15, -0.1) is 11.3 Å². The van der Waals surface area contributed by atoms with Gasteiger partial charge in [0.1, 0.15) is 0 Å². The minimum atomic E-state index is -0.197. The number of hydrogen-bond acceptors (Lipinski definition) is 5. The first kappa shape index (κ1) is 20.5. The Labute approximate surface area is 170 Å². The van der Waals surface area contributed by atoms with Crippen molar-refractivity contribution in [1.29, 1.82) is 0 Å². The minimum Gasteiger partial charge on any atom is -0.332 e. The number of aryl methyl sites for hydroxylation is 2. The first-order valence-electron chi connectivity index (χ1n) is 9.57. The number of hydrogen-bond donors (Lipinski definition) is 1. The van der Waals surface area contributed by atoms with Gasteiger partial charge in [0.25, 0.3) is 0 Å². The van der Waals surface area contributed by atoms with Crippen LogP contribution in [0.4, 0.5) is 5.13 Å². The zero-order chi connectivity index (χ0) is 20.3. The number of rotatable bonds is 8.